The van der Waals surface area contributed by atoms with Crippen molar-refractivity contribution in [3.8, 4) is 6.07 Å². The third-order valence-electron chi connectivity index (χ3n) is 2.16. The number of nitrogens with zero attached hydrogens (tertiary/aromatic N) is 2. The van der Waals surface area contributed by atoms with Crippen molar-refractivity contribution >= 4 is 15.7 Å². The van der Waals surface area contributed by atoms with E-state index < -0.39 is 15.8 Å². The van der Waals surface area contributed by atoms with Gasteiger partial charge >= 0.3 is 0 Å². The number of rotatable bonds is 4. The summed E-state index contributed by atoms with van der Waals surface area (Å²) in [5.74, 6) is -0.491. The van der Waals surface area contributed by atoms with Gasteiger partial charge in [-0.3, -0.25) is 4.31 Å². The van der Waals surface area contributed by atoms with Gasteiger partial charge in [-0.15, -0.1) is 0 Å². The van der Waals surface area contributed by atoms with Gasteiger partial charge < -0.3 is 0 Å². The van der Waals surface area contributed by atoms with E-state index in [2.05, 4.69) is 0 Å². The Labute approximate surface area is 96.2 Å². The Balaban J connectivity index is 3.14. The summed E-state index contributed by atoms with van der Waals surface area (Å²) in [4.78, 5) is 0. The predicted octanol–water partition coefficient (Wildman–Crippen LogP) is 1.67. The molecule has 5 heteroatoms. The van der Waals surface area contributed by atoms with Crippen LogP contribution in [0.4, 0.5) is 5.69 Å². The Morgan fingerprint density at radius 2 is 2.12 bits per heavy atom. The molecule has 0 fully saturated rings. The Morgan fingerprint density at radius 3 is 2.62 bits per heavy atom. The molecule has 0 spiro atoms. The van der Waals surface area contributed by atoms with E-state index >= 15 is 0 Å². The van der Waals surface area contributed by atoms with Gasteiger partial charge in [0.1, 0.15) is 0 Å². The van der Waals surface area contributed by atoms with E-state index in [0.717, 1.165) is 5.56 Å². The van der Waals surface area contributed by atoms with E-state index in [-0.39, 0.29) is 0 Å². The molecule has 0 heterocycles. The van der Waals surface area contributed by atoms with Gasteiger partial charge in [-0.25, -0.2) is 8.42 Å². The summed E-state index contributed by atoms with van der Waals surface area (Å²) in [6.45, 7) is 3.97. The van der Waals surface area contributed by atoms with Crippen LogP contribution in [0.1, 0.15) is 12.5 Å². The summed E-state index contributed by atoms with van der Waals surface area (Å²) in [6.07, 6.45) is 0. The monoisotopic (exact) mass is 238 g/mol. The summed E-state index contributed by atoms with van der Waals surface area (Å²) in [5, 5.41) is 8.49. The second kappa shape index (κ2) is 4.99. The largest absolute Gasteiger partial charge is 0.270 e. The van der Waals surface area contributed by atoms with Crippen molar-refractivity contribution in [2.75, 3.05) is 16.6 Å². The maximum absolute atomic E-state index is 11.8. The summed E-state index contributed by atoms with van der Waals surface area (Å²) >= 11 is 0. The number of hydrogen-bond donors (Lipinski definition) is 0. The highest BCUT2D eigenvalue weighted by atomic mass is 32.2. The first-order chi connectivity index (χ1) is 7.51. The first-order valence-corrected chi connectivity index (χ1v) is 6.56. The lowest BCUT2D eigenvalue weighted by molar-refractivity contribution is 0.595. The average molecular weight is 238 g/mol. The van der Waals surface area contributed by atoms with Crippen LogP contribution in [0.5, 0.6) is 0 Å². The number of nitriles is 1. The van der Waals surface area contributed by atoms with Gasteiger partial charge in [-0.05, 0) is 31.5 Å². The first-order valence-electron chi connectivity index (χ1n) is 4.95. The van der Waals surface area contributed by atoms with Gasteiger partial charge in [-0.1, -0.05) is 12.1 Å². The molecule has 0 bridgehead atoms. The standard InChI is InChI=1S/C11H14N2O2S/c1-3-13(16(14,15)8-7-12)11-6-4-5-10(2)9-11/h4-6,9H,3,8H2,1-2H3. The molecule has 0 aliphatic rings. The smallest absolute Gasteiger partial charge is 0.248 e. The van der Waals surface area contributed by atoms with E-state index in [1.807, 2.05) is 13.0 Å². The van der Waals surface area contributed by atoms with E-state index in [0.29, 0.717) is 12.2 Å². The molecule has 16 heavy (non-hydrogen) atoms. The fraction of sp³-hybridized carbons (Fsp3) is 0.364. The Morgan fingerprint density at radius 1 is 1.44 bits per heavy atom. The Hall–Kier alpha value is -1.54. The van der Waals surface area contributed by atoms with Crippen molar-refractivity contribution in [1.29, 1.82) is 5.26 Å². The maximum Gasteiger partial charge on any atom is 0.248 e. The van der Waals surface area contributed by atoms with Gasteiger partial charge in [-0.2, -0.15) is 5.26 Å². The molecule has 4 nitrogen and oxygen atoms in total. The topological polar surface area (TPSA) is 61.2 Å². The van der Waals surface area contributed by atoms with Gasteiger partial charge in [0.25, 0.3) is 0 Å². The SMILES string of the molecule is CCN(c1cccc(C)c1)S(=O)(=O)CC#N. The molecule has 0 amide bonds. The molecule has 0 N–H and O–H groups in total. The molecule has 0 atom stereocenters. The van der Waals surface area contributed by atoms with Crippen LogP contribution in [-0.4, -0.2) is 20.7 Å². The summed E-state index contributed by atoms with van der Waals surface area (Å²) in [6, 6.07) is 8.89. The zero-order valence-electron chi connectivity index (χ0n) is 9.34. The zero-order chi connectivity index (χ0) is 12.2. The lowest BCUT2D eigenvalue weighted by Crippen LogP contribution is -2.32. The van der Waals surface area contributed by atoms with Gasteiger partial charge in [0.2, 0.25) is 10.0 Å². The highest BCUT2D eigenvalue weighted by Gasteiger charge is 2.20. The average Bonchev–Trinajstić information content (AvgIpc) is 2.18. The molecular weight excluding hydrogens is 224 g/mol. The maximum atomic E-state index is 11.8. The van der Waals surface area contributed by atoms with Crippen LogP contribution in [0.25, 0.3) is 0 Å². The van der Waals surface area contributed by atoms with Gasteiger partial charge in [0, 0.05) is 6.54 Å². The van der Waals surface area contributed by atoms with Crippen LogP contribution in [-0.2, 0) is 10.0 Å². The molecule has 0 radical (unpaired) electrons. The molecule has 1 rings (SSSR count). The minimum atomic E-state index is -3.52. The Bertz CT molecular complexity index is 503. The van der Waals surface area contributed by atoms with Crippen molar-refractivity contribution in [2.45, 2.75) is 13.8 Å². The van der Waals surface area contributed by atoms with Gasteiger partial charge in [0.15, 0.2) is 5.75 Å². The van der Waals surface area contributed by atoms with Crippen LogP contribution in [0.3, 0.4) is 0 Å². The second-order valence-corrected chi connectivity index (χ2v) is 5.31. The minimum absolute atomic E-state index is 0.327. The van der Waals surface area contributed by atoms with Crippen LogP contribution < -0.4 is 4.31 Å². The number of sulfonamides is 1. The number of anilines is 1. The third kappa shape index (κ3) is 2.74. The van der Waals surface area contributed by atoms with Crippen molar-refractivity contribution in [1.82, 2.24) is 0 Å². The number of aryl methyl sites for hydroxylation is 1. The van der Waals surface area contributed by atoms with E-state index in [1.165, 1.54) is 4.31 Å². The zero-order valence-corrected chi connectivity index (χ0v) is 10.2. The van der Waals surface area contributed by atoms with Crippen LogP contribution in [0, 0.1) is 18.3 Å². The quantitative estimate of drug-likeness (QED) is 0.801. The fourth-order valence-corrected chi connectivity index (χ4v) is 2.63. The highest BCUT2D eigenvalue weighted by molar-refractivity contribution is 7.93. The summed E-state index contributed by atoms with van der Waals surface area (Å²) < 4.78 is 24.8. The molecule has 0 saturated carbocycles. The summed E-state index contributed by atoms with van der Waals surface area (Å²) in [7, 11) is -3.52. The van der Waals surface area contributed by atoms with E-state index in [9.17, 15) is 8.42 Å². The first kappa shape index (κ1) is 12.5. The predicted molar refractivity (Wildman–Crippen MR) is 63.6 cm³/mol. The van der Waals surface area contributed by atoms with Crippen LogP contribution >= 0.6 is 0 Å². The van der Waals surface area contributed by atoms with Crippen molar-refractivity contribution < 1.29 is 8.42 Å². The Kier molecular flexibility index (Phi) is 3.91. The van der Waals surface area contributed by atoms with Crippen LogP contribution in [0.2, 0.25) is 0 Å². The van der Waals surface area contributed by atoms with Crippen molar-refractivity contribution in [2.24, 2.45) is 0 Å². The van der Waals surface area contributed by atoms with Crippen LogP contribution in [0.15, 0.2) is 24.3 Å². The van der Waals surface area contributed by atoms with Crippen molar-refractivity contribution in [3.05, 3.63) is 29.8 Å². The molecular formula is C11H14N2O2S. The number of benzene rings is 1. The minimum Gasteiger partial charge on any atom is -0.270 e. The van der Waals surface area contributed by atoms with Gasteiger partial charge in [0.05, 0.1) is 11.8 Å². The van der Waals surface area contributed by atoms with Crippen molar-refractivity contribution in [3.63, 3.8) is 0 Å². The molecule has 1 aromatic rings. The molecule has 0 saturated heterocycles. The third-order valence-corrected chi connectivity index (χ3v) is 3.79. The lowest BCUT2D eigenvalue weighted by Gasteiger charge is -2.21. The van der Waals surface area contributed by atoms with E-state index in [4.69, 9.17) is 5.26 Å². The molecule has 0 unspecified atom stereocenters. The number of hydrogen-bond acceptors (Lipinski definition) is 3. The second-order valence-electron chi connectivity index (χ2n) is 3.42. The molecule has 0 aliphatic heterocycles. The normalized spacial score (nSPS) is 10.8. The molecule has 1 aromatic carbocycles. The molecule has 0 aromatic heterocycles. The lowest BCUT2D eigenvalue weighted by atomic mass is 10.2. The van der Waals surface area contributed by atoms with E-state index in [1.54, 1.807) is 31.2 Å². The molecule has 86 valence electrons. The highest BCUT2D eigenvalue weighted by Crippen LogP contribution is 2.19. The molecule has 0 aliphatic carbocycles. The summed E-state index contributed by atoms with van der Waals surface area (Å²) in [5.41, 5.74) is 1.60. The fourth-order valence-electron chi connectivity index (χ4n) is 1.48.